The smallest absolute Gasteiger partial charge is 0.251 e. The van der Waals surface area contributed by atoms with Crippen molar-refractivity contribution < 1.29 is 13.2 Å². The van der Waals surface area contributed by atoms with Crippen LogP contribution in [0.15, 0.2) is 18.3 Å². The van der Waals surface area contributed by atoms with Gasteiger partial charge in [-0.2, -0.15) is 13.2 Å². The third kappa shape index (κ3) is 2.74. The Labute approximate surface area is 82.5 Å². The van der Waals surface area contributed by atoms with Crippen molar-refractivity contribution >= 4 is 23.2 Å². The fourth-order valence-corrected chi connectivity index (χ4v) is 0.960. The molecule has 1 aromatic rings. The van der Waals surface area contributed by atoms with Crippen molar-refractivity contribution in [3.63, 3.8) is 0 Å². The first-order valence-corrected chi connectivity index (χ1v) is 4.10. The second kappa shape index (κ2) is 3.72. The average Bonchev–Trinajstić information content (AvgIpc) is 2.03. The van der Waals surface area contributed by atoms with E-state index in [0.717, 1.165) is 12.3 Å². The maximum atomic E-state index is 12.0. The number of hydrogen-bond acceptors (Lipinski definition) is 1. The van der Waals surface area contributed by atoms with Gasteiger partial charge in [0.2, 0.25) is 0 Å². The van der Waals surface area contributed by atoms with Crippen LogP contribution in [0.3, 0.4) is 0 Å². The molecule has 1 aromatic heterocycles. The van der Waals surface area contributed by atoms with Crippen LogP contribution in [-0.4, -0.2) is 4.98 Å². The molecule has 1 heterocycles. The molecule has 0 saturated carbocycles. The summed E-state index contributed by atoms with van der Waals surface area (Å²) in [6.45, 7) is 0. The molecule has 0 aliphatic heterocycles. The monoisotopic (exact) mass is 229 g/mol. The van der Waals surface area contributed by atoms with Crippen LogP contribution in [0.5, 0.6) is 0 Å². The summed E-state index contributed by atoms with van der Waals surface area (Å²) in [6, 6.07) is 2.04. The Morgan fingerprint density at radius 1 is 1.23 bits per heavy atom. The highest BCUT2D eigenvalue weighted by Gasteiger charge is 2.32. The molecule has 0 amide bonds. The quantitative estimate of drug-likeness (QED) is 0.672. The van der Waals surface area contributed by atoms with Gasteiger partial charge in [-0.3, -0.25) is 4.98 Å². The van der Waals surface area contributed by atoms with E-state index in [0.29, 0.717) is 5.56 Å². The van der Waals surface area contributed by atoms with Crippen molar-refractivity contribution in [2.45, 2.75) is 11.0 Å². The van der Waals surface area contributed by atoms with Gasteiger partial charge in [-0.1, -0.05) is 6.07 Å². The Hall–Kier alpha value is -0.480. The molecule has 0 radical (unpaired) electrons. The number of alkyl halides is 5. The summed E-state index contributed by atoms with van der Waals surface area (Å²) in [5.41, 5.74) is -0.610. The zero-order chi connectivity index (χ0) is 10.1. The summed E-state index contributed by atoms with van der Waals surface area (Å²) in [4.78, 5) is 2.33. The normalized spacial score (nSPS) is 12.2. The molecule has 72 valence electrons. The van der Waals surface area contributed by atoms with E-state index in [1.807, 2.05) is 0 Å². The molecule has 0 N–H and O–H groups in total. The lowest BCUT2D eigenvalue weighted by Gasteiger charge is -2.06. The van der Waals surface area contributed by atoms with Crippen LogP contribution in [0, 0.1) is 0 Å². The molecular formula is C7H4Cl2F3N. The molecule has 0 saturated heterocycles. The van der Waals surface area contributed by atoms with Gasteiger partial charge in [-0.15, -0.1) is 23.2 Å². The van der Waals surface area contributed by atoms with Crippen LogP contribution in [-0.2, 0) is 6.18 Å². The van der Waals surface area contributed by atoms with Gasteiger partial charge in [0.05, 0.1) is 0 Å². The minimum atomic E-state index is -4.42. The molecule has 6 heteroatoms. The maximum Gasteiger partial charge on any atom is 0.433 e. The Balaban J connectivity index is 2.94. The van der Waals surface area contributed by atoms with E-state index in [9.17, 15) is 13.2 Å². The fraction of sp³-hybridized carbons (Fsp3) is 0.286. The van der Waals surface area contributed by atoms with Crippen LogP contribution in [0.2, 0.25) is 0 Å². The highest BCUT2D eigenvalue weighted by Crippen LogP contribution is 2.29. The van der Waals surface area contributed by atoms with Gasteiger partial charge in [0, 0.05) is 11.8 Å². The van der Waals surface area contributed by atoms with Gasteiger partial charge in [-0.25, -0.2) is 0 Å². The Morgan fingerprint density at radius 3 is 2.15 bits per heavy atom. The number of pyridine rings is 1. The standard InChI is InChI=1S/C7H4Cl2F3N/c8-6(9)4-1-2-5(13-3-4)7(10,11)12/h1-3,6H. The molecule has 0 atom stereocenters. The predicted octanol–water partition coefficient (Wildman–Crippen LogP) is 3.58. The molecule has 0 spiro atoms. The summed E-state index contributed by atoms with van der Waals surface area (Å²) in [5, 5.41) is 0. The van der Waals surface area contributed by atoms with Crippen molar-refractivity contribution in [3.8, 4) is 0 Å². The Morgan fingerprint density at radius 2 is 1.85 bits per heavy atom. The van der Waals surface area contributed by atoms with Gasteiger partial charge >= 0.3 is 6.18 Å². The number of rotatable bonds is 1. The van der Waals surface area contributed by atoms with Gasteiger partial charge < -0.3 is 0 Å². The molecule has 0 unspecified atom stereocenters. The molecule has 13 heavy (non-hydrogen) atoms. The third-order valence-corrected chi connectivity index (χ3v) is 1.83. The van der Waals surface area contributed by atoms with Gasteiger partial charge in [-0.05, 0) is 6.07 Å². The molecule has 1 nitrogen and oxygen atoms in total. The first kappa shape index (κ1) is 10.6. The number of aromatic nitrogens is 1. The zero-order valence-electron chi connectivity index (χ0n) is 6.15. The minimum Gasteiger partial charge on any atom is -0.251 e. The highest BCUT2D eigenvalue weighted by molar-refractivity contribution is 6.44. The number of hydrogen-bond donors (Lipinski definition) is 0. The molecule has 0 fully saturated rings. The van der Waals surface area contributed by atoms with E-state index in [2.05, 4.69) is 4.98 Å². The van der Waals surface area contributed by atoms with Crippen LogP contribution in [0.4, 0.5) is 13.2 Å². The SMILES string of the molecule is FC(F)(F)c1ccc(C(Cl)Cl)cn1. The highest BCUT2D eigenvalue weighted by atomic mass is 35.5. The average molecular weight is 230 g/mol. The van der Waals surface area contributed by atoms with Crippen molar-refractivity contribution in [3.05, 3.63) is 29.6 Å². The lowest BCUT2D eigenvalue weighted by Crippen LogP contribution is -2.07. The summed E-state index contributed by atoms with van der Waals surface area (Å²) in [7, 11) is 0. The van der Waals surface area contributed by atoms with E-state index >= 15 is 0 Å². The molecule has 0 aromatic carbocycles. The second-order valence-electron chi connectivity index (χ2n) is 2.28. The first-order valence-electron chi connectivity index (χ1n) is 3.22. The van der Waals surface area contributed by atoms with Gasteiger partial charge in [0.25, 0.3) is 0 Å². The van der Waals surface area contributed by atoms with E-state index < -0.39 is 16.7 Å². The summed E-state index contributed by atoms with van der Waals surface area (Å²) < 4.78 is 36.0. The Bertz CT molecular complexity index is 281. The van der Waals surface area contributed by atoms with Gasteiger partial charge in [0.1, 0.15) is 10.5 Å². The van der Waals surface area contributed by atoms with Crippen LogP contribution < -0.4 is 0 Å². The largest absolute Gasteiger partial charge is 0.433 e. The van der Waals surface area contributed by atoms with Crippen molar-refractivity contribution in [1.29, 1.82) is 0 Å². The van der Waals surface area contributed by atoms with Crippen molar-refractivity contribution in [1.82, 2.24) is 4.98 Å². The zero-order valence-corrected chi connectivity index (χ0v) is 7.66. The van der Waals surface area contributed by atoms with E-state index in [1.54, 1.807) is 0 Å². The van der Waals surface area contributed by atoms with Crippen molar-refractivity contribution in [2.24, 2.45) is 0 Å². The maximum absolute atomic E-state index is 12.0. The Kier molecular flexibility index (Phi) is 3.03. The van der Waals surface area contributed by atoms with Gasteiger partial charge in [0.15, 0.2) is 0 Å². The molecule has 0 aliphatic carbocycles. The summed E-state index contributed by atoms with van der Waals surface area (Å²) in [5.74, 6) is 0. The second-order valence-corrected chi connectivity index (χ2v) is 3.37. The van der Waals surface area contributed by atoms with Crippen LogP contribution in [0.25, 0.3) is 0 Å². The van der Waals surface area contributed by atoms with Crippen LogP contribution >= 0.6 is 23.2 Å². The van der Waals surface area contributed by atoms with Crippen molar-refractivity contribution in [2.75, 3.05) is 0 Å². The molecule has 1 rings (SSSR count). The molecule has 0 bridgehead atoms. The predicted molar refractivity (Wildman–Crippen MR) is 43.7 cm³/mol. The number of halogens is 5. The van der Waals surface area contributed by atoms with E-state index in [4.69, 9.17) is 23.2 Å². The van der Waals surface area contributed by atoms with E-state index in [-0.39, 0.29) is 0 Å². The summed E-state index contributed by atoms with van der Waals surface area (Å²) in [6.07, 6.45) is -3.42. The lowest BCUT2D eigenvalue weighted by molar-refractivity contribution is -0.141. The topological polar surface area (TPSA) is 12.9 Å². The van der Waals surface area contributed by atoms with Crippen LogP contribution in [0.1, 0.15) is 16.1 Å². The fourth-order valence-electron chi connectivity index (χ4n) is 0.702. The minimum absolute atomic E-state index is 0.344. The third-order valence-electron chi connectivity index (χ3n) is 1.33. The number of nitrogens with zero attached hydrogens (tertiary/aromatic N) is 1. The molecular weight excluding hydrogens is 226 g/mol. The van der Waals surface area contributed by atoms with E-state index in [1.165, 1.54) is 6.07 Å². The first-order chi connectivity index (χ1) is 5.91. The molecule has 0 aliphatic rings. The lowest BCUT2D eigenvalue weighted by atomic mass is 10.3. The summed E-state index contributed by atoms with van der Waals surface area (Å²) >= 11 is 10.8.